The molecule has 0 unspecified atom stereocenters. The van der Waals surface area contributed by atoms with E-state index in [1.807, 2.05) is 17.9 Å². The van der Waals surface area contributed by atoms with Crippen molar-refractivity contribution in [3.05, 3.63) is 12.1 Å². The smallest absolute Gasteiger partial charge is 0.239 e. The highest BCUT2D eigenvalue weighted by Gasteiger charge is 2.10. The first kappa shape index (κ1) is 15.1. The van der Waals surface area contributed by atoms with Gasteiger partial charge in [0.05, 0.1) is 24.8 Å². The van der Waals surface area contributed by atoms with Crippen molar-refractivity contribution in [1.82, 2.24) is 4.98 Å². The van der Waals surface area contributed by atoms with Crippen LogP contribution < -0.4 is 15.4 Å². The molecule has 0 aliphatic rings. The molecule has 0 bridgehead atoms. The molecule has 1 aromatic heterocycles. The van der Waals surface area contributed by atoms with Gasteiger partial charge in [0.25, 0.3) is 0 Å². The Morgan fingerprint density at radius 2 is 2.21 bits per heavy atom. The summed E-state index contributed by atoms with van der Waals surface area (Å²) in [5, 5.41) is 8.66. The van der Waals surface area contributed by atoms with Gasteiger partial charge in [-0.3, -0.25) is 0 Å². The maximum atomic E-state index is 8.66. The van der Waals surface area contributed by atoms with Crippen LogP contribution in [0, 0.1) is 17.2 Å². The van der Waals surface area contributed by atoms with Gasteiger partial charge in [0.15, 0.2) is 0 Å². The van der Waals surface area contributed by atoms with Gasteiger partial charge >= 0.3 is 0 Å². The van der Waals surface area contributed by atoms with Crippen molar-refractivity contribution < 1.29 is 4.74 Å². The number of anilines is 2. The molecule has 104 valence electrons. The van der Waals surface area contributed by atoms with Crippen molar-refractivity contribution in [3.8, 4) is 11.9 Å². The molecule has 0 atom stereocenters. The minimum atomic E-state index is 0.422. The van der Waals surface area contributed by atoms with E-state index in [1.165, 1.54) is 0 Å². The number of rotatable bonds is 7. The standard InChI is InChI=1S/C14H22N4O/c1-4-18(9-5-8-15)13-7-6-12(16)14(17-13)19-10-11(2)3/h6-7,11H,4-5,9-10,16H2,1-3H3. The van der Waals surface area contributed by atoms with Crippen LogP contribution in [0.15, 0.2) is 12.1 Å². The van der Waals surface area contributed by atoms with E-state index < -0.39 is 0 Å². The lowest BCUT2D eigenvalue weighted by Gasteiger charge is -2.21. The SMILES string of the molecule is CCN(CCC#N)c1ccc(N)c(OCC(C)C)n1. The van der Waals surface area contributed by atoms with E-state index in [2.05, 4.69) is 24.9 Å². The molecule has 0 aliphatic heterocycles. The summed E-state index contributed by atoms with van der Waals surface area (Å²) in [4.78, 5) is 6.47. The van der Waals surface area contributed by atoms with Crippen LogP contribution in [0.25, 0.3) is 0 Å². The average molecular weight is 262 g/mol. The summed E-state index contributed by atoms with van der Waals surface area (Å²) < 4.78 is 5.61. The third kappa shape index (κ3) is 4.66. The molecular formula is C14H22N4O. The Morgan fingerprint density at radius 3 is 2.79 bits per heavy atom. The van der Waals surface area contributed by atoms with E-state index in [0.29, 0.717) is 37.1 Å². The summed E-state index contributed by atoms with van der Waals surface area (Å²) in [6.07, 6.45) is 0.474. The molecule has 0 amide bonds. The Hall–Kier alpha value is -1.96. The summed E-state index contributed by atoms with van der Waals surface area (Å²) in [7, 11) is 0. The van der Waals surface area contributed by atoms with Gasteiger partial charge in [-0.2, -0.15) is 10.2 Å². The average Bonchev–Trinajstić information content (AvgIpc) is 2.39. The van der Waals surface area contributed by atoms with Crippen LogP contribution in [-0.4, -0.2) is 24.7 Å². The lowest BCUT2D eigenvalue weighted by molar-refractivity contribution is 0.263. The molecule has 0 aromatic carbocycles. The number of nitrogens with zero attached hydrogens (tertiary/aromatic N) is 3. The van der Waals surface area contributed by atoms with Crippen molar-refractivity contribution in [1.29, 1.82) is 5.26 Å². The second kappa shape index (κ2) is 7.47. The molecule has 19 heavy (non-hydrogen) atoms. The van der Waals surface area contributed by atoms with Gasteiger partial charge in [-0.05, 0) is 25.0 Å². The third-order valence-corrected chi connectivity index (χ3v) is 2.63. The zero-order valence-corrected chi connectivity index (χ0v) is 11.9. The second-order valence-corrected chi connectivity index (χ2v) is 4.76. The summed E-state index contributed by atoms with van der Waals surface area (Å²) in [6, 6.07) is 5.80. The van der Waals surface area contributed by atoms with Crippen LogP contribution in [0.4, 0.5) is 11.5 Å². The summed E-state index contributed by atoms with van der Waals surface area (Å²) in [5.74, 6) is 1.69. The molecule has 0 saturated carbocycles. The maximum absolute atomic E-state index is 8.66. The first-order valence-corrected chi connectivity index (χ1v) is 6.59. The van der Waals surface area contributed by atoms with E-state index in [9.17, 15) is 0 Å². The van der Waals surface area contributed by atoms with E-state index in [1.54, 1.807) is 6.07 Å². The molecule has 0 aliphatic carbocycles. The monoisotopic (exact) mass is 262 g/mol. The maximum Gasteiger partial charge on any atom is 0.239 e. The van der Waals surface area contributed by atoms with Gasteiger partial charge < -0.3 is 15.4 Å². The number of aromatic nitrogens is 1. The zero-order chi connectivity index (χ0) is 14.3. The van der Waals surface area contributed by atoms with Gasteiger partial charge in [0.2, 0.25) is 5.88 Å². The number of pyridine rings is 1. The van der Waals surface area contributed by atoms with E-state index in [0.717, 1.165) is 12.4 Å². The molecule has 2 N–H and O–H groups in total. The first-order chi connectivity index (χ1) is 9.08. The Kier molecular flexibility index (Phi) is 5.94. The normalized spacial score (nSPS) is 10.3. The number of ether oxygens (including phenoxy) is 1. The van der Waals surface area contributed by atoms with Gasteiger partial charge in [-0.15, -0.1) is 0 Å². The van der Waals surface area contributed by atoms with Crippen LogP contribution in [-0.2, 0) is 0 Å². The zero-order valence-electron chi connectivity index (χ0n) is 11.9. The molecule has 1 rings (SSSR count). The number of nitrogens with two attached hydrogens (primary N) is 1. The Balaban J connectivity index is 2.84. The predicted octanol–water partition coefficient (Wildman–Crippen LogP) is 2.44. The number of nitriles is 1. The van der Waals surface area contributed by atoms with E-state index in [-0.39, 0.29) is 0 Å². The lowest BCUT2D eigenvalue weighted by atomic mass is 10.2. The van der Waals surface area contributed by atoms with Crippen LogP contribution in [0.1, 0.15) is 27.2 Å². The van der Waals surface area contributed by atoms with Gasteiger partial charge in [-0.1, -0.05) is 13.8 Å². The third-order valence-electron chi connectivity index (χ3n) is 2.63. The van der Waals surface area contributed by atoms with Crippen LogP contribution in [0.3, 0.4) is 0 Å². The van der Waals surface area contributed by atoms with Crippen molar-refractivity contribution >= 4 is 11.5 Å². The highest BCUT2D eigenvalue weighted by atomic mass is 16.5. The highest BCUT2D eigenvalue weighted by Crippen LogP contribution is 2.23. The summed E-state index contributed by atoms with van der Waals surface area (Å²) >= 11 is 0. The first-order valence-electron chi connectivity index (χ1n) is 6.59. The molecule has 0 spiro atoms. The minimum Gasteiger partial charge on any atom is -0.476 e. The minimum absolute atomic E-state index is 0.422. The Labute approximate surface area is 115 Å². The fraction of sp³-hybridized carbons (Fsp3) is 0.571. The molecule has 5 heteroatoms. The fourth-order valence-electron chi connectivity index (χ4n) is 1.60. The van der Waals surface area contributed by atoms with Crippen molar-refractivity contribution in [3.63, 3.8) is 0 Å². The number of nitrogen functional groups attached to an aromatic ring is 1. The molecular weight excluding hydrogens is 240 g/mol. The molecule has 5 nitrogen and oxygen atoms in total. The summed E-state index contributed by atoms with van der Waals surface area (Å²) in [5.41, 5.74) is 6.40. The van der Waals surface area contributed by atoms with E-state index in [4.69, 9.17) is 15.7 Å². The fourth-order valence-corrected chi connectivity index (χ4v) is 1.60. The largest absolute Gasteiger partial charge is 0.476 e. The number of hydrogen-bond acceptors (Lipinski definition) is 5. The quantitative estimate of drug-likeness (QED) is 0.816. The Bertz CT molecular complexity index is 440. The van der Waals surface area contributed by atoms with Gasteiger partial charge in [-0.25, -0.2) is 0 Å². The Morgan fingerprint density at radius 1 is 1.47 bits per heavy atom. The second-order valence-electron chi connectivity index (χ2n) is 4.76. The predicted molar refractivity (Wildman–Crippen MR) is 77.1 cm³/mol. The molecule has 1 heterocycles. The van der Waals surface area contributed by atoms with Crippen LogP contribution in [0.2, 0.25) is 0 Å². The van der Waals surface area contributed by atoms with Gasteiger partial charge in [0, 0.05) is 13.1 Å². The number of hydrogen-bond donors (Lipinski definition) is 1. The molecule has 1 aromatic rings. The summed E-state index contributed by atoms with van der Waals surface area (Å²) in [6.45, 7) is 8.22. The van der Waals surface area contributed by atoms with Crippen molar-refractivity contribution in [2.24, 2.45) is 5.92 Å². The van der Waals surface area contributed by atoms with Crippen LogP contribution in [0.5, 0.6) is 5.88 Å². The lowest BCUT2D eigenvalue weighted by Crippen LogP contribution is -2.25. The molecule has 0 radical (unpaired) electrons. The van der Waals surface area contributed by atoms with Crippen LogP contribution >= 0.6 is 0 Å². The topological polar surface area (TPSA) is 75.2 Å². The van der Waals surface area contributed by atoms with Gasteiger partial charge in [0.1, 0.15) is 5.82 Å². The molecule has 0 fully saturated rings. The highest BCUT2D eigenvalue weighted by molar-refractivity contribution is 5.54. The van der Waals surface area contributed by atoms with Crippen molar-refractivity contribution in [2.45, 2.75) is 27.2 Å². The van der Waals surface area contributed by atoms with Crippen molar-refractivity contribution in [2.75, 3.05) is 30.3 Å². The molecule has 0 saturated heterocycles. The van der Waals surface area contributed by atoms with E-state index >= 15 is 0 Å².